The first-order valence-electron chi connectivity index (χ1n) is 11.6. The fourth-order valence-corrected chi connectivity index (χ4v) is 4.87. The van der Waals surface area contributed by atoms with Crippen molar-refractivity contribution in [2.75, 3.05) is 18.4 Å². The van der Waals surface area contributed by atoms with Crippen LogP contribution in [0.25, 0.3) is 0 Å². The van der Waals surface area contributed by atoms with Crippen molar-refractivity contribution >= 4 is 23.0 Å². The van der Waals surface area contributed by atoms with Crippen LogP contribution in [0, 0.1) is 0 Å². The lowest BCUT2D eigenvalue weighted by Crippen LogP contribution is -2.32. The van der Waals surface area contributed by atoms with Crippen LogP contribution in [-0.4, -0.2) is 37.6 Å². The molecule has 1 aromatic carbocycles. The molecule has 1 aliphatic heterocycles. The Morgan fingerprint density at radius 1 is 0.941 bits per heavy atom. The molecule has 2 atom stereocenters. The Labute approximate surface area is 205 Å². The summed E-state index contributed by atoms with van der Waals surface area (Å²) < 4.78 is 2.29. The lowest BCUT2D eigenvalue weighted by molar-refractivity contribution is 0.303. The molecule has 0 spiro atoms. The average Bonchev–Trinajstić information content (AvgIpc) is 3.47. The Balaban J connectivity index is 1.38. The van der Waals surface area contributed by atoms with E-state index in [2.05, 4.69) is 72.7 Å². The van der Waals surface area contributed by atoms with Crippen molar-refractivity contribution in [3.63, 3.8) is 0 Å². The first kappa shape index (κ1) is 22.1. The van der Waals surface area contributed by atoms with E-state index in [4.69, 9.17) is 12.2 Å². The van der Waals surface area contributed by atoms with Crippen LogP contribution in [0.3, 0.4) is 0 Å². The van der Waals surface area contributed by atoms with E-state index in [1.807, 2.05) is 55.0 Å². The molecule has 0 unspecified atom stereocenters. The Morgan fingerprint density at radius 3 is 2.62 bits per heavy atom. The minimum absolute atomic E-state index is 0.0154. The summed E-state index contributed by atoms with van der Waals surface area (Å²) in [7, 11) is 0. The second kappa shape index (κ2) is 10.5. The molecule has 4 heterocycles. The zero-order chi connectivity index (χ0) is 23.2. The molecule has 34 heavy (non-hydrogen) atoms. The standard InChI is InChI=1S/C27H28N6S/c34-27-31-25(23-12-4-5-15-30-23)26(33(27)18-8-16-29-22-10-2-1-3-11-22)24-13-7-17-32(24)20-21-9-6-14-28-19-21/h1-7,9-15,17,19,25-26,29H,8,16,18,20H2,(H,31,34)/t25-,26+/m0/s1. The molecule has 5 rings (SSSR count). The number of benzene rings is 1. The molecule has 7 heteroatoms. The maximum Gasteiger partial charge on any atom is 0.170 e. The smallest absolute Gasteiger partial charge is 0.170 e. The van der Waals surface area contributed by atoms with Gasteiger partial charge in [-0.2, -0.15) is 0 Å². The van der Waals surface area contributed by atoms with Gasteiger partial charge in [0, 0.05) is 55.8 Å². The lowest BCUT2D eigenvalue weighted by Gasteiger charge is -2.29. The Hall–Kier alpha value is -3.71. The van der Waals surface area contributed by atoms with Crippen molar-refractivity contribution in [2.45, 2.75) is 25.0 Å². The van der Waals surface area contributed by atoms with Crippen LogP contribution in [-0.2, 0) is 6.54 Å². The van der Waals surface area contributed by atoms with Crippen molar-refractivity contribution in [1.82, 2.24) is 24.8 Å². The van der Waals surface area contributed by atoms with Crippen LogP contribution in [0.2, 0.25) is 0 Å². The van der Waals surface area contributed by atoms with Crippen molar-refractivity contribution < 1.29 is 0 Å². The summed E-state index contributed by atoms with van der Waals surface area (Å²) in [6.07, 6.45) is 8.67. The van der Waals surface area contributed by atoms with Crippen LogP contribution < -0.4 is 10.6 Å². The quantitative estimate of drug-likeness (QED) is 0.272. The summed E-state index contributed by atoms with van der Waals surface area (Å²) in [6, 6.07) is 24.8. The van der Waals surface area contributed by atoms with E-state index in [0.717, 1.165) is 42.5 Å². The number of thiocarbonyl (C=S) groups is 1. The van der Waals surface area contributed by atoms with E-state index in [-0.39, 0.29) is 12.1 Å². The van der Waals surface area contributed by atoms with Gasteiger partial charge in [0.25, 0.3) is 0 Å². The van der Waals surface area contributed by atoms with E-state index in [1.165, 1.54) is 11.3 Å². The number of pyridine rings is 2. The van der Waals surface area contributed by atoms with Crippen molar-refractivity contribution in [1.29, 1.82) is 0 Å². The number of rotatable bonds is 9. The minimum atomic E-state index is -0.0154. The van der Waals surface area contributed by atoms with E-state index < -0.39 is 0 Å². The highest BCUT2D eigenvalue weighted by molar-refractivity contribution is 7.80. The van der Waals surface area contributed by atoms with E-state index >= 15 is 0 Å². The summed E-state index contributed by atoms with van der Waals surface area (Å²) in [4.78, 5) is 11.3. The predicted octanol–water partition coefficient (Wildman–Crippen LogP) is 4.80. The van der Waals surface area contributed by atoms with Gasteiger partial charge in [0.2, 0.25) is 0 Å². The zero-order valence-corrected chi connectivity index (χ0v) is 19.7. The largest absolute Gasteiger partial charge is 0.385 e. The van der Waals surface area contributed by atoms with Gasteiger partial charge in [-0.3, -0.25) is 9.97 Å². The molecule has 0 amide bonds. The average molecular weight is 469 g/mol. The molecule has 0 bridgehead atoms. The molecule has 2 N–H and O–H groups in total. The molecular formula is C27H28N6S. The summed E-state index contributed by atoms with van der Waals surface area (Å²) in [5, 5.41) is 7.83. The monoisotopic (exact) mass is 468 g/mol. The molecule has 3 aromatic heterocycles. The fraction of sp³-hybridized carbons (Fsp3) is 0.222. The summed E-state index contributed by atoms with van der Waals surface area (Å²) in [5.41, 5.74) is 4.51. The lowest BCUT2D eigenvalue weighted by atomic mass is 10.0. The summed E-state index contributed by atoms with van der Waals surface area (Å²) in [5.74, 6) is 0. The van der Waals surface area contributed by atoms with Crippen LogP contribution in [0.1, 0.15) is 35.5 Å². The molecule has 1 fully saturated rings. The Kier molecular flexibility index (Phi) is 6.81. The first-order valence-corrected chi connectivity index (χ1v) is 12.0. The van der Waals surface area contributed by atoms with Gasteiger partial charge in [0.1, 0.15) is 0 Å². The zero-order valence-electron chi connectivity index (χ0n) is 18.9. The normalized spacial score (nSPS) is 17.5. The van der Waals surface area contributed by atoms with Gasteiger partial charge in [-0.1, -0.05) is 30.3 Å². The first-order chi connectivity index (χ1) is 16.8. The highest BCUT2D eigenvalue weighted by Gasteiger charge is 2.40. The molecular weight excluding hydrogens is 440 g/mol. The molecule has 1 aliphatic rings. The van der Waals surface area contributed by atoms with E-state index in [9.17, 15) is 0 Å². The maximum atomic E-state index is 5.83. The fourth-order valence-electron chi connectivity index (χ4n) is 4.53. The van der Waals surface area contributed by atoms with Crippen LogP contribution in [0.15, 0.2) is 97.6 Å². The van der Waals surface area contributed by atoms with Gasteiger partial charge in [0.15, 0.2) is 5.11 Å². The minimum Gasteiger partial charge on any atom is -0.385 e. The van der Waals surface area contributed by atoms with Gasteiger partial charge in [-0.15, -0.1) is 0 Å². The van der Waals surface area contributed by atoms with Gasteiger partial charge >= 0.3 is 0 Å². The molecule has 1 saturated heterocycles. The van der Waals surface area contributed by atoms with Crippen LogP contribution in [0.5, 0.6) is 0 Å². The maximum absolute atomic E-state index is 5.83. The molecule has 4 aromatic rings. The van der Waals surface area contributed by atoms with Crippen LogP contribution in [0.4, 0.5) is 5.69 Å². The highest BCUT2D eigenvalue weighted by atomic mass is 32.1. The highest BCUT2D eigenvalue weighted by Crippen LogP contribution is 2.38. The third-order valence-electron chi connectivity index (χ3n) is 6.12. The van der Waals surface area contributed by atoms with Gasteiger partial charge in [0.05, 0.1) is 17.8 Å². The number of nitrogens with zero attached hydrogens (tertiary/aromatic N) is 4. The number of anilines is 1. The summed E-state index contributed by atoms with van der Waals surface area (Å²) in [6.45, 7) is 2.48. The predicted molar refractivity (Wildman–Crippen MR) is 139 cm³/mol. The third kappa shape index (κ3) is 4.94. The van der Waals surface area contributed by atoms with Crippen LogP contribution >= 0.6 is 12.2 Å². The van der Waals surface area contributed by atoms with Crippen molar-refractivity contribution in [3.8, 4) is 0 Å². The topological polar surface area (TPSA) is 58.0 Å². The second-order valence-electron chi connectivity index (χ2n) is 8.39. The number of hydrogen-bond donors (Lipinski definition) is 2. The SMILES string of the molecule is S=C1N[C@@H](c2ccccn2)[C@@H](c2cccn2Cc2cccnc2)N1CCCNc1ccccc1. The molecule has 0 saturated carbocycles. The Bertz CT molecular complexity index is 1200. The van der Waals surface area contributed by atoms with E-state index in [0.29, 0.717) is 0 Å². The Morgan fingerprint density at radius 2 is 1.82 bits per heavy atom. The molecule has 172 valence electrons. The number of hydrogen-bond acceptors (Lipinski definition) is 4. The second-order valence-corrected chi connectivity index (χ2v) is 8.78. The van der Waals surface area contributed by atoms with Crippen molar-refractivity contribution in [3.05, 3.63) is 115 Å². The third-order valence-corrected chi connectivity index (χ3v) is 6.47. The van der Waals surface area contributed by atoms with E-state index in [1.54, 1.807) is 0 Å². The van der Waals surface area contributed by atoms with Gasteiger partial charge in [-0.25, -0.2) is 0 Å². The number of nitrogens with one attached hydrogen (secondary N) is 2. The number of aromatic nitrogens is 3. The van der Waals surface area contributed by atoms with Gasteiger partial charge < -0.3 is 20.1 Å². The summed E-state index contributed by atoms with van der Waals surface area (Å²) >= 11 is 5.83. The molecule has 0 radical (unpaired) electrons. The number of para-hydroxylation sites is 1. The molecule has 0 aliphatic carbocycles. The molecule has 6 nitrogen and oxygen atoms in total. The van der Waals surface area contributed by atoms with Gasteiger partial charge in [-0.05, 0) is 66.7 Å². The van der Waals surface area contributed by atoms with Crippen molar-refractivity contribution in [2.24, 2.45) is 0 Å².